The van der Waals surface area contributed by atoms with Crippen molar-refractivity contribution in [3.05, 3.63) is 34.9 Å². The fraction of sp³-hybridized carbons (Fsp3) is 0.364. The molecule has 1 aromatic rings. The van der Waals surface area contributed by atoms with Crippen molar-refractivity contribution in [2.75, 3.05) is 6.61 Å². The molecule has 0 aliphatic carbocycles. The number of carbonyl (C=O) groups is 1. The molecule has 0 fully saturated rings. The summed E-state index contributed by atoms with van der Waals surface area (Å²) in [7, 11) is 0. The van der Waals surface area contributed by atoms with E-state index >= 15 is 0 Å². The van der Waals surface area contributed by atoms with Crippen molar-refractivity contribution in [1.29, 1.82) is 0 Å². The first-order chi connectivity index (χ1) is 7.13. The standard InChI is InChI=1S/C11H14ClNO2.ClH/c1-2-15-11(14)10(13)7-8-3-5-9(12)6-4-8;/h3-6,10H,2,7,13H2,1H3;1H. The molecule has 0 saturated heterocycles. The highest BCUT2D eigenvalue weighted by Crippen LogP contribution is 2.10. The Balaban J connectivity index is 0.00000225. The number of hydrogen-bond acceptors (Lipinski definition) is 3. The third-order valence-corrected chi connectivity index (χ3v) is 2.21. The second-order valence-corrected chi connectivity index (χ2v) is 3.63. The van der Waals surface area contributed by atoms with Gasteiger partial charge in [-0.15, -0.1) is 12.4 Å². The molecule has 90 valence electrons. The van der Waals surface area contributed by atoms with Crippen molar-refractivity contribution >= 4 is 30.0 Å². The minimum Gasteiger partial charge on any atom is -0.465 e. The first kappa shape index (κ1) is 15.2. The van der Waals surface area contributed by atoms with Crippen LogP contribution in [0.3, 0.4) is 0 Å². The molecule has 0 spiro atoms. The summed E-state index contributed by atoms with van der Waals surface area (Å²) in [6.45, 7) is 2.11. The molecule has 3 nitrogen and oxygen atoms in total. The number of nitrogens with two attached hydrogens (primary N) is 1. The molecular weight excluding hydrogens is 249 g/mol. The Morgan fingerprint density at radius 2 is 2.00 bits per heavy atom. The van der Waals surface area contributed by atoms with E-state index in [1.807, 2.05) is 12.1 Å². The Labute approximate surface area is 106 Å². The van der Waals surface area contributed by atoms with Gasteiger partial charge in [0.25, 0.3) is 0 Å². The van der Waals surface area contributed by atoms with Crippen LogP contribution < -0.4 is 5.73 Å². The van der Waals surface area contributed by atoms with Crippen molar-refractivity contribution in [2.45, 2.75) is 19.4 Å². The van der Waals surface area contributed by atoms with Gasteiger partial charge in [-0.1, -0.05) is 23.7 Å². The highest BCUT2D eigenvalue weighted by molar-refractivity contribution is 6.30. The average molecular weight is 264 g/mol. The minimum atomic E-state index is -0.605. The van der Waals surface area contributed by atoms with Gasteiger partial charge < -0.3 is 10.5 Å². The van der Waals surface area contributed by atoms with Crippen LogP contribution in [-0.2, 0) is 16.0 Å². The molecule has 2 N–H and O–H groups in total. The maximum atomic E-state index is 11.2. The van der Waals surface area contributed by atoms with E-state index < -0.39 is 6.04 Å². The fourth-order valence-electron chi connectivity index (χ4n) is 1.21. The first-order valence-electron chi connectivity index (χ1n) is 4.80. The van der Waals surface area contributed by atoms with E-state index in [4.69, 9.17) is 22.1 Å². The molecule has 0 saturated carbocycles. The molecule has 0 aromatic heterocycles. The van der Waals surface area contributed by atoms with Gasteiger partial charge in [0.2, 0.25) is 0 Å². The number of benzene rings is 1. The summed E-state index contributed by atoms with van der Waals surface area (Å²) in [5.74, 6) is -0.368. The van der Waals surface area contributed by atoms with E-state index in [0.717, 1.165) is 5.56 Å². The smallest absolute Gasteiger partial charge is 0.323 e. The molecule has 0 bridgehead atoms. The highest BCUT2D eigenvalue weighted by atomic mass is 35.5. The number of hydrogen-bond donors (Lipinski definition) is 1. The summed E-state index contributed by atoms with van der Waals surface area (Å²) in [6.07, 6.45) is 0.468. The van der Waals surface area contributed by atoms with E-state index in [2.05, 4.69) is 0 Å². The monoisotopic (exact) mass is 263 g/mol. The second-order valence-electron chi connectivity index (χ2n) is 3.19. The van der Waals surface area contributed by atoms with Crippen LogP contribution >= 0.6 is 24.0 Å². The van der Waals surface area contributed by atoms with Gasteiger partial charge >= 0.3 is 5.97 Å². The van der Waals surface area contributed by atoms with Crippen molar-refractivity contribution in [1.82, 2.24) is 0 Å². The molecule has 0 aliphatic heterocycles. The van der Waals surface area contributed by atoms with Gasteiger partial charge in [0.15, 0.2) is 0 Å². The molecule has 0 radical (unpaired) electrons. The Morgan fingerprint density at radius 1 is 1.44 bits per heavy atom. The van der Waals surface area contributed by atoms with Crippen molar-refractivity contribution in [3.8, 4) is 0 Å². The summed E-state index contributed by atoms with van der Waals surface area (Å²) in [4.78, 5) is 11.2. The van der Waals surface area contributed by atoms with Gasteiger partial charge in [-0.25, -0.2) is 0 Å². The summed E-state index contributed by atoms with van der Waals surface area (Å²) in [6, 6.07) is 6.64. The second kappa shape index (κ2) is 7.49. The molecular formula is C11H15Cl2NO2. The van der Waals surface area contributed by atoms with Crippen LogP contribution in [0.4, 0.5) is 0 Å². The van der Waals surface area contributed by atoms with Gasteiger partial charge in [-0.05, 0) is 31.0 Å². The van der Waals surface area contributed by atoms with E-state index in [0.29, 0.717) is 18.1 Å². The molecule has 16 heavy (non-hydrogen) atoms. The lowest BCUT2D eigenvalue weighted by Gasteiger charge is -2.10. The van der Waals surface area contributed by atoms with Crippen LogP contribution in [0.2, 0.25) is 5.02 Å². The van der Waals surface area contributed by atoms with Crippen molar-refractivity contribution in [2.24, 2.45) is 5.73 Å². The fourth-order valence-corrected chi connectivity index (χ4v) is 1.33. The molecule has 0 aliphatic rings. The van der Waals surface area contributed by atoms with Crippen LogP contribution in [0.15, 0.2) is 24.3 Å². The molecule has 0 heterocycles. The largest absolute Gasteiger partial charge is 0.465 e. The number of halogens is 2. The summed E-state index contributed by atoms with van der Waals surface area (Å²) < 4.78 is 4.81. The first-order valence-corrected chi connectivity index (χ1v) is 5.18. The Morgan fingerprint density at radius 3 is 2.50 bits per heavy atom. The lowest BCUT2D eigenvalue weighted by molar-refractivity contribution is -0.144. The van der Waals surface area contributed by atoms with Crippen LogP contribution in [0.5, 0.6) is 0 Å². The zero-order valence-electron chi connectivity index (χ0n) is 8.98. The van der Waals surface area contributed by atoms with Gasteiger partial charge in [-0.2, -0.15) is 0 Å². The van der Waals surface area contributed by atoms with E-state index in [1.165, 1.54) is 0 Å². The summed E-state index contributed by atoms with van der Waals surface area (Å²) >= 11 is 5.74. The molecule has 1 rings (SSSR count). The lowest BCUT2D eigenvalue weighted by Crippen LogP contribution is -2.34. The third-order valence-electron chi connectivity index (χ3n) is 1.96. The topological polar surface area (TPSA) is 52.3 Å². The zero-order chi connectivity index (χ0) is 11.3. The van der Waals surface area contributed by atoms with Crippen LogP contribution in [0.1, 0.15) is 12.5 Å². The number of rotatable bonds is 4. The number of esters is 1. The molecule has 1 atom stereocenters. The Bertz CT molecular complexity index is 327. The minimum absolute atomic E-state index is 0. The van der Waals surface area contributed by atoms with Gasteiger partial charge in [0.1, 0.15) is 6.04 Å². The highest BCUT2D eigenvalue weighted by Gasteiger charge is 2.14. The third kappa shape index (κ3) is 4.84. The number of ether oxygens (including phenoxy) is 1. The predicted molar refractivity (Wildman–Crippen MR) is 67.0 cm³/mol. The number of carbonyl (C=O) groups excluding carboxylic acids is 1. The SMILES string of the molecule is CCOC(=O)C(N)Cc1ccc(Cl)cc1.Cl. The average Bonchev–Trinajstić information content (AvgIpc) is 2.22. The van der Waals surface area contributed by atoms with Gasteiger partial charge in [-0.3, -0.25) is 4.79 Å². The van der Waals surface area contributed by atoms with E-state index in [1.54, 1.807) is 19.1 Å². The lowest BCUT2D eigenvalue weighted by atomic mass is 10.1. The van der Waals surface area contributed by atoms with Crippen molar-refractivity contribution < 1.29 is 9.53 Å². The van der Waals surface area contributed by atoms with Crippen LogP contribution in [-0.4, -0.2) is 18.6 Å². The molecule has 1 aromatic carbocycles. The van der Waals surface area contributed by atoms with E-state index in [-0.39, 0.29) is 18.4 Å². The Kier molecular flexibility index (Phi) is 7.13. The summed E-state index contributed by atoms with van der Waals surface area (Å²) in [5, 5.41) is 0.670. The normalized spacial score (nSPS) is 11.4. The van der Waals surface area contributed by atoms with Gasteiger partial charge in [0.05, 0.1) is 6.61 Å². The predicted octanol–water partition coefficient (Wildman–Crippen LogP) is 2.19. The molecule has 0 amide bonds. The van der Waals surface area contributed by atoms with Gasteiger partial charge in [0, 0.05) is 5.02 Å². The van der Waals surface area contributed by atoms with Crippen LogP contribution in [0.25, 0.3) is 0 Å². The Hall–Kier alpha value is -0.770. The molecule has 5 heteroatoms. The van der Waals surface area contributed by atoms with E-state index in [9.17, 15) is 4.79 Å². The van der Waals surface area contributed by atoms with Crippen molar-refractivity contribution in [3.63, 3.8) is 0 Å². The maximum absolute atomic E-state index is 11.2. The molecule has 1 unspecified atom stereocenters. The summed E-state index contributed by atoms with van der Waals surface area (Å²) in [5.41, 5.74) is 6.64. The maximum Gasteiger partial charge on any atom is 0.323 e. The van der Waals surface area contributed by atoms with Crippen LogP contribution in [0, 0.1) is 0 Å². The zero-order valence-corrected chi connectivity index (χ0v) is 10.6. The quantitative estimate of drug-likeness (QED) is 0.848.